The van der Waals surface area contributed by atoms with Gasteiger partial charge in [-0.3, -0.25) is 13.4 Å². The SMILES string of the molecule is O=C(CB(F)F)OCF. The van der Waals surface area contributed by atoms with E-state index in [9.17, 15) is 17.8 Å². The zero-order chi connectivity index (χ0) is 7.28. The summed E-state index contributed by atoms with van der Waals surface area (Å²) in [6.45, 7) is -1.34. The Morgan fingerprint density at radius 1 is 1.56 bits per heavy atom. The summed E-state index contributed by atoms with van der Waals surface area (Å²) in [7, 11) is -2.76. The van der Waals surface area contributed by atoms with Gasteiger partial charge in [-0.2, -0.15) is 0 Å². The lowest BCUT2D eigenvalue weighted by Crippen LogP contribution is -2.09. The van der Waals surface area contributed by atoms with Crippen molar-refractivity contribution in [3.05, 3.63) is 0 Å². The van der Waals surface area contributed by atoms with Gasteiger partial charge in [-0.05, 0) is 0 Å². The normalized spacial score (nSPS) is 8.78. The van der Waals surface area contributed by atoms with E-state index < -0.39 is 26.4 Å². The third kappa shape index (κ3) is 5.19. The Morgan fingerprint density at radius 2 is 2.11 bits per heavy atom. The van der Waals surface area contributed by atoms with Gasteiger partial charge in [-0.15, -0.1) is 0 Å². The second-order valence-electron chi connectivity index (χ2n) is 1.22. The van der Waals surface area contributed by atoms with E-state index >= 15 is 0 Å². The predicted molar refractivity (Wildman–Crippen MR) is 24.8 cm³/mol. The van der Waals surface area contributed by atoms with E-state index in [1.165, 1.54) is 0 Å². The molecule has 6 heteroatoms. The molecule has 0 aromatic heterocycles. The highest BCUT2D eigenvalue weighted by molar-refractivity contribution is 6.47. The number of esters is 1. The Labute approximate surface area is 50.2 Å². The van der Waals surface area contributed by atoms with Gasteiger partial charge in [-0.1, -0.05) is 0 Å². The van der Waals surface area contributed by atoms with E-state index in [2.05, 4.69) is 4.74 Å². The number of carbonyl (C=O) groups is 1. The largest absolute Gasteiger partial charge is 0.549 e. The Hall–Kier alpha value is -0.675. The van der Waals surface area contributed by atoms with Gasteiger partial charge in [0, 0.05) is 0 Å². The molecule has 0 aliphatic rings. The van der Waals surface area contributed by atoms with Gasteiger partial charge < -0.3 is 4.74 Å². The minimum atomic E-state index is -2.76. The maximum absolute atomic E-state index is 11.2. The number of alkyl halides is 1. The minimum Gasteiger partial charge on any atom is -0.434 e. The average molecular weight is 140 g/mol. The van der Waals surface area contributed by atoms with Crippen LogP contribution >= 0.6 is 0 Å². The first-order valence-corrected chi connectivity index (χ1v) is 2.16. The van der Waals surface area contributed by atoms with Crippen molar-refractivity contribution >= 4 is 13.2 Å². The molecule has 0 heterocycles. The van der Waals surface area contributed by atoms with Crippen LogP contribution in [0.15, 0.2) is 0 Å². The number of hydrogen-bond donors (Lipinski definition) is 0. The fourth-order valence-electron chi connectivity index (χ4n) is 0.246. The summed E-state index contributed by atoms with van der Waals surface area (Å²) in [5, 5.41) is 0. The molecule has 2 nitrogen and oxygen atoms in total. The van der Waals surface area contributed by atoms with Crippen molar-refractivity contribution in [2.24, 2.45) is 0 Å². The monoisotopic (exact) mass is 140 g/mol. The first-order valence-electron chi connectivity index (χ1n) is 2.16. The summed E-state index contributed by atoms with van der Waals surface area (Å²) in [6, 6.07) is 0. The number of rotatable bonds is 3. The zero-order valence-electron chi connectivity index (χ0n) is 4.44. The van der Waals surface area contributed by atoms with Crippen molar-refractivity contribution in [2.75, 3.05) is 6.86 Å². The number of hydrogen-bond acceptors (Lipinski definition) is 2. The van der Waals surface area contributed by atoms with Crippen LogP contribution < -0.4 is 0 Å². The maximum Gasteiger partial charge on any atom is 0.549 e. The predicted octanol–water partition coefficient (Wildman–Crippen LogP) is 0.884. The summed E-state index contributed by atoms with van der Waals surface area (Å²) in [5.74, 6) is -1.22. The fraction of sp³-hybridized carbons (Fsp3) is 0.667. The van der Waals surface area contributed by atoms with E-state index in [0.717, 1.165) is 0 Å². The molecule has 0 saturated heterocycles. The van der Waals surface area contributed by atoms with Crippen LogP contribution in [0.4, 0.5) is 13.0 Å². The van der Waals surface area contributed by atoms with Crippen molar-refractivity contribution in [1.82, 2.24) is 0 Å². The molecule has 0 aromatic carbocycles. The molecule has 0 amide bonds. The summed E-state index contributed by atoms with van der Waals surface area (Å²) >= 11 is 0. The third-order valence-electron chi connectivity index (χ3n) is 0.537. The van der Waals surface area contributed by atoms with Gasteiger partial charge in [0.2, 0.25) is 6.86 Å². The smallest absolute Gasteiger partial charge is 0.434 e. The van der Waals surface area contributed by atoms with Crippen LogP contribution in [0.2, 0.25) is 6.32 Å². The molecule has 0 bridgehead atoms. The van der Waals surface area contributed by atoms with E-state index in [1.807, 2.05) is 0 Å². The van der Waals surface area contributed by atoms with Crippen molar-refractivity contribution in [1.29, 1.82) is 0 Å². The Kier molecular flexibility index (Phi) is 3.91. The number of ether oxygens (including phenoxy) is 1. The first kappa shape index (κ1) is 8.32. The molecule has 0 radical (unpaired) electrons. The van der Waals surface area contributed by atoms with E-state index in [0.29, 0.717) is 0 Å². The molecular formula is C3H4BF3O2. The van der Waals surface area contributed by atoms with Crippen LogP contribution in [0.25, 0.3) is 0 Å². The quantitative estimate of drug-likeness (QED) is 0.429. The third-order valence-corrected chi connectivity index (χ3v) is 0.537. The van der Waals surface area contributed by atoms with Crippen molar-refractivity contribution in [3.8, 4) is 0 Å². The van der Waals surface area contributed by atoms with Crippen molar-refractivity contribution < 1.29 is 22.6 Å². The molecule has 0 rings (SSSR count). The molecule has 52 valence electrons. The van der Waals surface area contributed by atoms with Crippen LogP contribution in [0.5, 0.6) is 0 Å². The highest BCUT2D eigenvalue weighted by atomic mass is 19.2. The minimum absolute atomic E-state index is 1.04. The molecule has 0 fully saturated rings. The molecule has 9 heavy (non-hydrogen) atoms. The molecular weight excluding hydrogens is 136 g/mol. The summed E-state index contributed by atoms with van der Waals surface area (Å²) in [6.07, 6.45) is -1.04. The number of carbonyl (C=O) groups excluding carboxylic acids is 1. The molecule has 0 saturated carbocycles. The molecule has 0 aromatic rings. The van der Waals surface area contributed by atoms with E-state index in [-0.39, 0.29) is 0 Å². The standard InChI is InChI=1S/C3H4BF3O2/c5-2-9-3(8)1-4(6)7/h1-2H2. The van der Waals surface area contributed by atoms with Gasteiger partial charge in [0.15, 0.2) is 0 Å². The van der Waals surface area contributed by atoms with Gasteiger partial charge in [-0.25, -0.2) is 4.39 Å². The average Bonchev–Trinajstić information content (AvgIpc) is 1.63. The molecule has 0 unspecified atom stereocenters. The second kappa shape index (κ2) is 4.23. The fourth-order valence-corrected chi connectivity index (χ4v) is 0.246. The topological polar surface area (TPSA) is 26.3 Å². The first-order chi connectivity index (χ1) is 4.16. The molecule has 0 spiro atoms. The highest BCUT2D eigenvalue weighted by Gasteiger charge is 2.18. The van der Waals surface area contributed by atoms with E-state index in [4.69, 9.17) is 0 Å². The van der Waals surface area contributed by atoms with Gasteiger partial charge in [0.05, 0.1) is 6.32 Å². The lowest BCUT2D eigenvalue weighted by Gasteiger charge is -1.94. The lowest BCUT2D eigenvalue weighted by atomic mass is 9.94. The Balaban J connectivity index is 3.27. The van der Waals surface area contributed by atoms with E-state index in [1.54, 1.807) is 0 Å². The summed E-state index contributed by atoms with van der Waals surface area (Å²) in [4.78, 5) is 9.91. The van der Waals surface area contributed by atoms with Crippen LogP contribution in [0.1, 0.15) is 0 Å². The number of halogens is 3. The van der Waals surface area contributed by atoms with Gasteiger partial charge >= 0.3 is 13.2 Å². The van der Waals surface area contributed by atoms with Crippen molar-refractivity contribution in [2.45, 2.75) is 6.32 Å². The van der Waals surface area contributed by atoms with Crippen LogP contribution in [0.3, 0.4) is 0 Å². The maximum atomic E-state index is 11.2. The molecule has 0 atom stereocenters. The van der Waals surface area contributed by atoms with Crippen LogP contribution in [-0.4, -0.2) is 20.1 Å². The molecule has 0 aliphatic carbocycles. The molecule has 0 aliphatic heterocycles. The zero-order valence-corrected chi connectivity index (χ0v) is 4.44. The Bertz CT molecular complexity index is 97.1. The second-order valence-corrected chi connectivity index (χ2v) is 1.22. The van der Waals surface area contributed by atoms with Crippen molar-refractivity contribution in [3.63, 3.8) is 0 Å². The summed E-state index contributed by atoms with van der Waals surface area (Å²) < 4.78 is 36.9. The van der Waals surface area contributed by atoms with Gasteiger partial charge in [0.25, 0.3) is 0 Å². The Morgan fingerprint density at radius 3 is 2.44 bits per heavy atom. The summed E-state index contributed by atoms with van der Waals surface area (Å²) in [5.41, 5.74) is 0. The molecule has 0 N–H and O–H groups in total. The van der Waals surface area contributed by atoms with Gasteiger partial charge in [0.1, 0.15) is 0 Å². The lowest BCUT2D eigenvalue weighted by molar-refractivity contribution is -0.145. The van der Waals surface area contributed by atoms with Crippen LogP contribution in [0, 0.1) is 0 Å². The van der Waals surface area contributed by atoms with Crippen LogP contribution in [-0.2, 0) is 9.53 Å². The highest BCUT2D eigenvalue weighted by Crippen LogP contribution is 1.97.